The van der Waals surface area contributed by atoms with Crippen LogP contribution in [0.1, 0.15) is 23.6 Å². The Labute approximate surface area is 180 Å². The average Bonchev–Trinajstić information content (AvgIpc) is 2.77. The van der Waals surface area contributed by atoms with E-state index in [4.69, 9.17) is 9.47 Å². The molecule has 162 valence electrons. The van der Waals surface area contributed by atoms with Crippen LogP contribution in [0.15, 0.2) is 53.5 Å². The van der Waals surface area contributed by atoms with Gasteiger partial charge in [0.05, 0.1) is 19.8 Å². The maximum Gasteiger partial charge on any atom is 0.193 e. The van der Waals surface area contributed by atoms with Gasteiger partial charge in [-0.2, -0.15) is 0 Å². The lowest BCUT2D eigenvalue weighted by Gasteiger charge is -2.26. The summed E-state index contributed by atoms with van der Waals surface area (Å²) in [6.45, 7) is 8.91. The highest BCUT2D eigenvalue weighted by atomic mass is 16.5. The molecule has 0 saturated carbocycles. The van der Waals surface area contributed by atoms with Gasteiger partial charge in [-0.3, -0.25) is 9.89 Å². The molecule has 1 saturated heterocycles. The minimum atomic E-state index is 0.685. The summed E-state index contributed by atoms with van der Waals surface area (Å²) in [5, 5.41) is 3.46. The molecule has 1 N–H and O–H groups in total. The standard InChI is InChI=1S/C24H34N4O2/c1-4-30-23-11-9-21(10-12-23)18-27(3)24(25-2)26-17-20-5-7-22(8-6-20)19-28-13-15-29-16-14-28/h5-12H,4,13-19H2,1-3H3,(H,25,26). The fourth-order valence-corrected chi connectivity index (χ4v) is 3.55. The minimum absolute atomic E-state index is 0.685. The van der Waals surface area contributed by atoms with E-state index in [1.807, 2.05) is 26.1 Å². The Morgan fingerprint density at radius 3 is 2.30 bits per heavy atom. The van der Waals surface area contributed by atoms with Crippen molar-refractivity contribution < 1.29 is 9.47 Å². The van der Waals surface area contributed by atoms with Gasteiger partial charge in [0.1, 0.15) is 5.75 Å². The van der Waals surface area contributed by atoms with Crippen molar-refractivity contribution >= 4 is 5.96 Å². The van der Waals surface area contributed by atoms with Crippen LogP contribution in [0.2, 0.25) is 0 Å². The van der Waals surface area contributed by atoms with Crippen molar-refractivity contribution in [3.05, 3.63) is 65.2 Å². The van der Waals surface area contributed by atoms with Gasteiger partial charge in [0, 0.05) is 46.8 Å². The quantitative estimate of drug-likeness (QED) is 0.535. The molecular weight excluding hydrogens is 376 g/mol. The average molecular weight is 411 g/mol. The lowest BCUT2D eigenvalue weighted by Crippen LogP contribution is -2.38. The molecule has 1 aliphatic heterocycles. The van der Waals surface area contributed by atoms with Crippen molar-refractivity contribution in [2.75, 3.05) is 47.0 Å². The SMILES string of the molecule is CCOc1ccc(CN(C)C(=NC)NCc2ccc(CN3CCOCC3)cc2)cc1. The molecule has 1 heterocycles. The third-order valence-corrected chi connectivity index (χ3v) is 5.21. The third-order valence-electron chi connectivity index (χ3n) is 5.21. The minimum Gasteiger partial charge on any atom is -0.494 e. The van der Waals surface area contributed by atoms with E-state index in [9.17, 15) is 0 Å². The fraction of sp³-hybridized carbons (Fsp3) is 0.458. The smallest absolute Gasteiger partial charge is 0.193 e. The molecule has 0 radical (unpaired) electrons. The first-order valence-electron chi connectivity index (χ1n) is 10.7. The van der Waals surface area contributed by atoms with Crippen LogP contribution in [0.25, 0.3) is 0 Å². The first-order chi connectivity index (χ1) is 14.7. The van der Waals surface area contributed by atoms with E-state index in [1.54, 1.807) is 0 Å². The first-order valence-corrected chi connectivity index (χ1v) is 10.7. The summed E-state index contributed by atoms with van der Waals surface area (Å²) in [6, 6.07) is 17.1. The molecule has 0 amide bonds. The summed E-state index contributed by atoms with van der Waals surface area (Å²) in [4.78, 5) is 9.00. The number of hydrogen-bond acceptors (Lipinski definition) is 4. The van der Waals surface area contributed by atoms with Crippen LogP contribution in [0.5, 0.6) is 5.75 Å². The van der Waals surface area contributed by atoms with E-state index in [0.717, 1.165) is 57.6 Å². The molecule has 1 fully saturated rings. The summed E-state index contributed by atoms with van der Waals surface area (Å²) in [5.74, 6) is 1.78. The number of ether oxygens (including phenoxy) is 2. The highest BCUT2D eigenvalue weighted by molar-refractivity contribution is 5.79. The number of nitrogens with one attached hydrogen (secondary N) is 1. The predicted octanol–water partition coefficient (Wildman–Crippen LogP) is 3.12. The largest absolute Gasteiger partial charge is 0.494 e. The molecule has 2 aromatic carbocycles. The van der Waals surface area contributed by atoms with Gasteiger partial charge >= 0.3 is 0 Å². The number of rotatable bonds is 8. The Bertz CT molecular complexity index is 784. The number of hydrogen-bond donors (Lipinski definition) is 1. The summed E-state index contributed by atoms with van der Waals surface area (Å²) in [5.41, 5.74) is 3.81. The van der Waals surface area contributed by atoms with E-state index in [1.165, 1.54) is 16.7 Å². The highest BCUT2D eigenvalue weighted by Gasteiger charge is 2.11. The van der Waals surface area contributed by atoms with Gasteiger partial charge in [-0.05, 0) is 35.7 Å². The van der Waals surface area contributed by atoms with Crippen molar-refractivity contribution in [1.82, 2.24) is 15.1 Å². The highest BCUT2D eigenvalue weighted by Crippen LogP contribution is 2.14. The lowest BCUT2D eigenvalue weighted by molar-refractivity contribution is 0.0342. The second-order valence-corrected chi connectivity index (χ2v) is 7.54. The van der Waals surface area contributed by atoms with E-state index in [0.29, 0.717) is 6.61 Å². The number of guanidine groups is 1. The fourth-order valence-electron chi connectivity index (χ4n) is 3.55. The molecule has 0 aliphatic carbocycles. The van der Waals surface area contributed by atoms with Crippen molar-refractivity contribution in [2.24, 2.45) is 4.99 Å². The van der Waals surface area contributed by atoms with Crippen molar-refractivity contribution in [2.45, 2.75) is 26.6 Å². The molecule has 30 heavy (non-hydrogen) atoms. The van der Waals surface area contributed by atoms with Gasteiger partial charge in [0.25, 0.3) is 0 Å². The van der Waals surface area contributed by atoms with E-state index in [2.05, 4.69) is 63.6 Å². The second-order valence-electron chi connectivity index (χ2n) is 7.54. The van der Waals surface area contributed by atoms with Crippen molar-refractivity contribution in [1.29, 1.82) is 0 Å². The van der Waals surface area contributed by atoms with Gasteiger partial charge in [-0.15, -0.1) is 0 Å². The zero-order valence-electron chi connectivity index (χ0n) is 18.4. The summed E-state index contributed by atoms with van der Waals surface area (Å²) >= 11 is 0. The zero-order valence-corrected chi connectivity index (χ0v) is 18.4. The van der Waals surface area contributed by atoms with Crippen LogP contribution < -0.4 is 10.1 Å². The van der Waals surface area contributed by atoms with E-state index >= 15 is 0 Å². The molecule has 2 aromatic rings. The van der Waals surface area contributed by atoms with Crippen LogP contribution in [0, 0.1) is 0 Å². The van der Waals surface area contributed by atoms with E-state index in [-0.39, 0.29) is 0 Å². The number of nitrogens with zero attached hydrogens (tertiary/aromatic N) is 3. The summed E-state index contributed by atoms with van der Waals surface area (Å²) in [7, 11) is 3.87. The van der Waals surface area contributed by atoms with Gasteiger partial charge in [0.15, 0.2) is 5.96 Å². The monoisotopic (exact) mass is 410 g/mol. The van der Waals surface area contributed by atoms with Crippen molar-refractivity contribution in [3.63, 3.8) is 0 Å². The van der Waals surface area contributed by atoms with Crippen molar-refractivity contribution in [3.8, 4) is 5.75 Å². The van der Waals surface area contributed by atoms with Crippen LogP contribution in [0.3, 0.4) is 0 Å². The maximum absolute atomic E-state index is 5.51. The number of aliphatic imine (C=N–C) groups is 1. The molecule has 6 nitrogen and oxygen atoms in total. The predicted molar refractivity (Wildman–Crippen MR) is 122 cm³/mol. The molecule has 0 aromatic heterocycles. The Hall–Kier alpha value is -2.57. The van der Waals surface area contributed by atoms with Crippen LogP contribution >= 0.6 is 0 Å². The molecule has 0 atom stereocenters. The Morgan fingerprint density at radius 1 is 1.03 bits per heavy atom. The summed E-state index contributed by atoms with van der Waals surface area (Å²) < 4.78 is 10.9. The van der Waals surface area contributed by atoms with Gasteiger partial charge in [-0.25, -0.2) is 0 Å². The maximum atomic E-state index is 5.51. The zero-order chi connectivity index (χ0) is 21.2. The van der Waals surface area contributed by atoms with Crippen LogP contribution in [-0.2, 0) is 24.4 Å². The third kappa shape index (κ3) is 6.75. The molecule has 0 spiro atoms. The molecule has 0 bridgehead atoms. The molecule has 6 heteroatoms. The van der Waals surface area contributed by atoms with Gasteiger partial charge in [0.2, 0.25) is 0 Å². The molecular formula is C24H34N4O2. The second kappa shape index (κ2) is 11.6. The Balaban J connectivity index is 1.48. The Morgan fingerprint density at radius 2 is 1.67 bits per heavy atom. The molecule has 1 aliphatic rings. The van der Waals surface area contributed by atoms with Crippen LogP contribution in [0.4, 0.5) is 0 Å². The van der Waals surface area contributed by atoms with Crippen LogP contribution in [-0.4, -0.2) is 62.8 Å². The van der Waals surface area contributed by atoms with E-state index < -0.39 is 0 Å². The normalized spacial score (nSPS) is 15.1. The summed E-state index contributed by atoms with van der Waals surface area (Å²) in [6.07, 6.45) is 0. The van der Waals surface area contributed by atoms with Gasteiger partial charge < -0.3 is 19.7 Å². The topological polar surface area (TPSA) is 49.3 Å². The van der Waals surface area contributed by atoms with Gasteiger partial charge in [-0.1, -0.05) is 36.4 Å². The Kier molecular flexibility index (Phi) is 8.53. The first kappa shape index (κ1) is 22.1. The number of morpholine rings is 1. The number of benzene rings is 2. The lowest BCUT2D eigenvalue weighted by atomic mass is 10.1. The molecule has 3 rings (SSSR count). The molecule has 0 unspecified atom stereocenters.